The molecule has 1 aromatic carbocycles. The zero-order valence-electron chi connectivity index (χ0n) is 9.55. The van der Waals surface area contributed by atoms with Crippen LogP contribution in [0.4, 0.5) is 10.5 Å². The number of pyridine rings is 1. The molecule has 1 heterocycles. The van der Waals surface area contributed by atoms with Gasteiger partial charge in [-0.05, 0) is 24.3 Å². The van der Waals surface area contributed by atoms with Crippen LogP contribution in [0.3, 0.4) is 0 Å². The molecule has 0 spiro atoms. The second-order valence-electron chi connectivity index (χ2n) is 3.39. The quantitative estimate of drug-likeness (QED) is 0.364. The summed E-state index contributed by atoms with van der Waals surface area (Å²) < 4.78 is 9.68. The lowest BCUT2D eigenvalue weighted by Crippen LogP contribution is -2.13. The predicted molar refractivity (Wildman–Crippen MR) is 64.0 cm³/mol. The molecule has 0 radical (unpaired) electrons. The van der Waals surface area contributed by atoms with Crippen LogP contribution in [0.2, 0.25) is 0 Å². The van der Waals surface area contributed by atoms with Crippen molar-refractivity contribution in [1.82, 2.24) is 4.98 Å². The number of hydrogen-bond acceptors (Lipinski definition) is 6. The van der Waals surface area contributed by atoms with Crippen LogP contribution in [0.15, 0.2) is 48.8 Å². The molecule has 0 aliphatic heterocycles. The minimum atomic E-state index is -0.943. The van der Waals surface area contributed by atoms with Crippen LogP contribution in [0.1, 0.15) is 0 Å². The van der Waals surface area contributed by atoms with E-state index in [1.54, 1.807) is 12.1 Å². The molecule has 2 aromatic rings. The first-order valence-corrected chi connectivity index (χ1v) is 5.19. The number of nitro benzene ring substituents is 1. The Morgan fingerprint density at radius 1 is 1.11 bits per heavy atom. The van der Waals surface area contributed by atoms with E-state index in [1.165, 1.54) is 36.7 Å². The van der Waals surface area contributed by atoms with Crippen LogP contribution in [-0.2, 0) is 0 Å². The molecule has 0 unspecified atom stereocenters. The lowest BCUT2D eigenvalue weighted by atomic mass is 10.3. The van der Waals surface area contributed by atoms with Crippen molar-refractivity contribution >= 4 is 11.8 Å². The standard InChI is InChI=1S/C12H8N2O5/c15-12(19-11-2-1-7-13-8-11)18-10-5-3-9(4-6-10)14(16)17/h1-8H. The van der Waals surface area contributed by atoms with Crippen molar-refractivity contribution in [1.29, 1.82) is 0 Å². The topological polar surface area (TPSA) is 91.6 Å². The van der Waals surface area contributed by atoms with E-state index in [9.17, 15) is 14.9 Å². The van der Waals surface area contributed by atoms with E-state index in [0.717, 1.165) is 0 Å². The number of aromatic nitrogens is 1. The third kappa shape index (κ3) is 3.50. The summed E-state index contributed by atoms with van der Waals surface area (Å²) in [7, 11) is 0. The number of nitro groups is 1. The summed E-state index contributed by atoms with van der Waals surface area (Å²) >= 11 is 0. The van der Waals surface area contributed by atoms with Gasteiger partial charge < -0.3 is 9.47 Å². The van der Waals surface area contributed by atoms with Crippen molar-refractivity contribution in [2.45, 2.75) is 0 Å². The number of carbonyl (C=O) groups is 1. The molecule has 1 aromatic heterocycles. The first-order valence-electron chi connectivity index (χ1n) is 5.19. The van der Waals surface area contributed by atoms with Gasteiger partial charge in [-0.15, -0.1) is 0 Å². The van der Waals surface area contributed by atoms with Gasteiger partial charge >= 0.3 is 6.16 Å². The number of ether oxygens (including phenoxy) is 2. The average Bonchev–Trinajstić information content (AvgIpc) is 2.40. The summed E-state index contributed by atoms with van der Waals surface area (Å²) in [6.45, 7) is 0. The first-order chi connectivity index (χ1) is 9.15. The highest BCUT2D eigenvalue weighted by molar-refractivity contribution is 5.67. The fraction of sp³-hybridized carbons (Fsp3) is 0. The van der Waals surface area contributed by atoms with Crippen LogP contribution < -0.4 is 9.47 Å². The van der Waals surface area contributed by atoms with Crippen LogP contribution in [0.25, 0.3) is 0 Å². The van der Waals surface area contributed by atoms with Gasteiger partial charge in [-0.1, -0.05) is 0 Å². The predicted octanol–water partition coefficient (Wildman–Crippen LogP) is 2.57. The highest BCUT2D eigenvalue weighted by Crippen LogP contribution is 2.18. The van der Waals surface area contributed by atoms with Gasteiger partial charge in [0.25, 0.3) is 5.69 Å². The maximum atomic E-state index is 11.4. The molecule has 0 bridgehead atoms. The van der Waals surface area contributed by atoms with Gasteiger partial charge in [-0.2, -0.15) is 0 Å². The van der Waals surface area contributed by atoms with Gasteiger partial charge in [0.15, 0.2) is 5.75 Å². The molecule has 0 amide bonds. The zero-order valence-corrected chi connectivity index (χ0v) is 9.55. The van der Waals surface area contributed by atoms with Crippen molar-refractivity contribution in [3.8, 4) is 11.5 Å². The Kier molecular flexibility index (Phi) is 3.67. The average molecular weight is 260 g/mol. The molecular formula is C12H8N2O5. The Hall–Kier alpha value is -2.96. The van der Waals surface area contributed by atoms with Crippen LogP contribution >= 0.6 is 0 Å². The van der Waals surface area contributed by atoms with E-state index in [0.29, 0.717) is 0 Å². The molecule has 7 nitrogen and oxygen atoms in total. The van der Waals surface area contributed by atoms with Crippen molar-refractivity contribution in [3.63, 3.8) is 0 Å². The molecule has 0 aliphatic carbocycles. The Labute approximate surface area is 107 Å². The monoisotopic (exact) mass is 260 g/mol. The molecule has 0 saturated carbocycles. The van der Waals surface area contributed by atoms with Gasteiger partial charge in [0.1, 0.15) is 5.75 Å². The van der Waals surface area contributed by atoms with Crippen molar-refractivity contribution in [2.24, 2.45) is 0 Å². The molecule has 0 atom stereocenters. The van der Waals surface area contributed by atoms with E-state index in [4.69, 9.17) is 9.47 Å². The smallest absolute Gasteiger partial charge is 0.395 e. The Morgan fingerprint density at radius 3 is 2.37 bits per heavy atom. The number of hydrogen-bond donors (Lipinski definition) is 0. The van der Waals surface area contributed by atoms with Crippen molar-refractivity contribution in [3.05, 3.63) is 58.9 Å². The fourth-order valence-electron chi connectivity index (χ4n) is 1.26. The maximum absolute atomic E-state index is 11.4. The van der Waals surface area contributed by atoms with Gasteiger partial charge in [-0.25, -0.2) is 4.79 Å². The fourth-order valence-corrected chi connectivity index (χ4v) is 1.26. The van der Waals surface area contributed by atoms with Gasteiger partial charge in [0.2, 0.25) is 0 Å². The summed E-state index contributed by atoms with van der Waals surface area (Å²) in [5, 5.41) is 10.4. The van der Waals surface area contributed by atoms with Gasteiger partial charge in [0.05, 0.1) is 11.1 Å². The lowest BCUT2D eigenvalue weighted by Gasteiger charge is -2.04. The van der Waals surface area contributed by atoms with E-state index in [2.05, 4.69) is 4.98 Å². The second kappa shape index (κ2) is 5.58. The van der Waals surface area contributed by atoms with E-state index < -0.39 is 11.1 Å². The summed E-state index contributed by atoms with van der Waals surface area (Å²) in [6.07, 6.45) is 1.95. The largest absolute Gasteiger partial charge is 0.519 e. The molecule has 96 valence electrons. The third-order valence-electron chi connectivity index (χ3n) is 2.08. The maximum Gasteiger partial charge on any atom is 0.519 e. The zero-order chi connectivity index (χ0) is 13.7. The molecule has 7 heteroatoms. The van der Waals surface area contributed by atoms with Crippen LogP contribution in [0.5, 0.6) is 11.5 Å². The van der Waals surface area contributed by atoms with E-state index in [-0.39, 0.29) is 17.2 Å². The summed E-state index contributed by atoms with van der Waals surface area (Å²) in [5.41, 5.74) is -0.0898. The van der Waals surface area contributed by atoms with Gasteiger partial charge in [0, 0.05) is 18.3 Å². The molecule has 19 heavy (non-hydrogen) atoms. The van der Waals surface area contributed by atoms with E-state index >= 15 is 0 Å². The van der Waals surface area contributed by atoms with Crippen molar-refractivity contribution < 1.29 is 19.2 Å². The highest BCUT2D eigenvalue weighted by Gasteiger charge is 2.10. The SMILES string of the molecule is O=C(Oc1ccc([N+](=O)[O-])cc1)Oc1cccnc1. The summed E-state index contributed by atoms with van der Waals surface area (Å²) in [6, 6.07) is 8.23. The lowest BCUT2D eigenvalue weighted by molar-refractivity contribution is -0.384. The summed E-state index contributed by atoms with van der Waals surface area (Å²) in [4.78, 5) is 25.1. The van der Waals surface area contributed by atoms with E-state index in [1.807, 2.05) is 0 Å². The van der Waals surface area contributed by atoms with Crippen molar-refractivity contribution in [2.75, 3.05) is 0 Å². The number of rotatable bonds is 3. The Bertz CT molecular complexity index is 583. The third-order valence-corrected chi connectivity index (χ3v) is 2.08. The Balaban J connectivity index is 1.97. The molecule has 0 aliphatic rings. The molecule has 2 rings (SSSR count). The van der Waals surface area contributed by atoms with Gasteiger partial charge in [-0.3, -0.25) is 15.1 Å². The molecular weight excluding hydrogens is 252 g/mol. The Morgan fingerprint density at radius 2 is 1.79 bits per heavy atom. The minimum absolute atomic E-state index is 0.0898. The minimum Gasteiger partial charge on any atom is -0.395 e. The number of non-ortho nitro benzene ring substituents is 1. The highest BCUT2D eigenvalue weighted by atomic mass is 16.7. The number of carbonyl (C=O) groups excluding carboxylic acids is 1. The first kappa shape index (κ1) is 12.5. The van der Waals surface area contributed by atoms with Crippen LogP contribution in [-0.4, -0.2) is 16.1 Å². The number of benzene rings is 1. The molecule has 0 saturated heterocycles. The molecule has 0 N–H and O–H groups in total. The summed E-state index contributed by atoms with van der Waals surface area (Å²) in [5.74, 6) is 0.397. The second-order valence-corrected chi connectivity index (χ2v) is 3.39. The normalized spacial score (nSPS) is 9.68. The molecule has 0 fully saturated rings. The van der Waals surface area contributed by atoms with Crippen LogP contribution in [0, 0.1) is 10.1 Å². The number of nitrogens with zero attached hydrogens (tertiary/aromatic N) is 2.